The number of rotatable bonds is 7. The van der Waals surface area contributed by atoms with E-state index in [1.807, 2.05) is 37.3 Å². The molecule has 1 N–H and O–H groups in total. The van der Waals surface area contributed by atoms with Crippen LogP contribution in [0.1, 0.15) is 46.6 Å². The van der Waals surface area contributed by atoms with Crippen LogP contribution in [0.25, 0.3) is 11.2 Å². The maximum absolute atomic E-state index is 9.81. The molecule has 0 aliphatic heterocycles. The number of nitriles is 1. The number of aliphatic hydroxyl groups excluding tert-OH is 1. The molecule has 0 bridgehead atoms. The van der Waals surface area contributed by atoms with Gasteiger partial charge in [-0.2, -0.15) is 5.26 Å². The van der Waals surface area contributed by atoms with E-state index in [0.717, 1.165) is 51.4 Å². The monoisotopic (exact) mass is 424 g/mol. The van der Waals surface area contributed by atoms with E-state index in [1.54, 1.807) is 0 Å². The van der Waals surface area contributed by atoms with Crippen LogP contribution in [-0.2, 0) is 13.0 Å². The van der Waals surface area contributed by atoms with Gasteiger partial charge in [-0.1, -0.05) is 61.5 Å². The van der Waals surface area contributed by atoms with Gasteiger partial charge in [0.15, 0.2) is 5.65 Å². The minimum absolute atomic E-state index is 0.174. The van der Waals surface area contributed by atoms with E-state index in [0.29, 0.717) is 6.54 Å². The highest BCUT2D eigenvalue weighted by molar-refractivity contribution is 5.76. The van der Waals surface area contributed by atoms with E-state index in [2.05, 4.69) is 54.8 Å². The van der Waals surface area contributed by atoms with E-state index >= 15 is 0 Å². The highest BCUT2D eigenvalue weighted by Crippen LogP contribution is 2.32. The van der Waals surface area contributed by atoms with Crippen molar-refractivity contribution in [3.63, 3.8) is 0 Å². The van der Waals surface area contributed by atoms with Gasteiger partial charge < -0.3 is 9.67 Å². The summed E-state index contributed by atoms with van der Waals surface area (Å²) in [6.07, 6.45) is 0.837. The topological polar surface area (TPSA) is 74.7 Å². The molecule has 0 radical (unpaired) electrons. The second-order valence-corrected chi connectivity index (χ2v) is 8.27. The molecule has 0 aliphatic rings. The summed E-state index contributed by atoms with van der Waals surface area (Å²) in [5, 5.41) is 19.4. The van der Waals surface area contributed by atoms with Crippen molar-refractivity contribution in [1.82, 2.24) is 14.5 Å². The first-order chi connectivity index (χ1) is 15.5. The Kier molecular flexibility index (Phi) is 6.34. The number of fused-ring (bicyclic) bond motifs is 1. The Balaban J connectivity index is 1.69. The minimum Gasteiger partial charge on any atom is -0.395 e. The molecule has 32 heavy (non-hydrogen) atoms. The lowest BCUT2D eigenvalue weighted by Crippen LogP contribution is -2.16. The SMILES string of the molecule is CCc1nc2c(C)cc(C)nc2n1Cc1ccc(C(c2ccccc2)C(C#N)CO)cc1. The number of aromatic nitrogens is 3. The fourth-order valence-corrected chi connectivity index (χ4v) is 4.44. The van der Waals surface area contributed by atoms with Gasteiger partial charge >= 0.3 is 0 Å². The number of aliphatic hydroxyl groups is 1. The predicted molar refractivity (Wildman–Crippen MR) is 126 cm³/mol. The fraction of sp³-hybridized carbons (Fsp3) is 0.296. The molecule has 2 aromatic carbocycles. The summed E-state index contributed by atoms with van der Waals surface area (Å²) in [5.74, 6) is 0.354. The van der Waals surface area contributed by atoms with Gasteiger partial charge in [-0.25, -0.2) is 9.97 Å². The van der Waals surface area contributed by atoms with Crippen LogP contribution in [0.3, 0.4) is 0 Å². The third-order valence-electron chi connectivity index (χ3n) is 6.02. The number of hydrogen-bond donors (Lipinski definition) is 1. The van der Waals surface area contributed by atoms with Crippen LogP contribution < -0.4 is 0 Å². The van der Waals surface area contributed by atoms with Crippen LogP contribution in [-0.4, -0.2) is 26.2 Å². The number of nitrogens with zero attached hydrogens (tertiary/aromatic N) is 4. The van der Waals surface area contributed by atoms with Crippen LogP contribution in [0.2, 0.25) is 0 Å². The Morgan fingerprint density at radius 3 is 2.31 bits per heavy atom. The summed E-state index contributed by atoms with van der Waals surface area (Å²) >= 11 is 0. The molecule has 5 nitrogen and oxygen atoms in total. The Labute approximate surface area is 189 Å². The summed E-state index contributed by atoms with van der Waals surface area (Å²) in [6, 6.07) is 22.6. The lowest BCUT2D eigenvalue weighted by Gasteiger charge is -2.22. The zero-order valence-corrected chi connectivity index (χ0v) is 18.8. The maximum Gasteiger partial charge on any atom is 0.160 e. The van der Waals surface area contributed by atoms with E-state index in [9.17, 15) is 10.4 Å². The molecular formula is C27H28N4O. The predicted octanol–water partition coefficient (Wildman–Crippen LogP) is 4.92. The number of pyridine rings is 1. The molecule has 0 saturated carbocycles. The normalized spacial score (nSPS) is 13.1. The molecule has 162 valence electrons. The van der Waals surface area contributed by atoms with Crippen molar-refractivity contribution < 1.29 is 5.11 Å². The summed E-state index contributed by atoms with van der Waals surface area (Å²) in [6.45, 7) is 6.72. The highest BCUT2D eigenvalue weighted by atomic mass is 16.3. The minimum atomic E-state index is -0.498. The first-order valence-electron chi connectivity index (χ1n) is 11.0. The molecule has 0 fully saturated rings. The second kappa shape index (κ2) is 9.33. The summed E-state index contributed by atoms with van der Waals surface area (Å²) < 4.78 is 2.20. The number of aryl methyl sites for hydroxylation is 3. The third kappa shape index (κ3) is 4.15. The standard InChI is InChI=1S/C27H28N4O/c1-4-24-30-26-18(2)14-19(3)29-27(26)31(24)16-20-10-12-22(13-11-20)25(23(15-28)17-32)21-8-6-5-7-9-21/h5-14,23,25,32H,4,16-17H2,1-3H3. The lowest BCUT2D eigenvalue weighted by molar-refractivity contribution is 0.245. The average Bonchev–Trinajstić information content (AvgIpc) is 3.16. The molecule has 2 heterocycles. The van der Waals surface area contributed by atoms with Gasteiger partial charge in [0, 0.05) is 18.0 Å². The first-order valence-corrected chi connectivity index (χ1v) is 11.0. The van der Waals surface area contributed by atoms with Crippen molar-refractivity contribution in [2.24, 2.45) is 5.92 Å². The third-order valence-corrected chi connectivity index (χ3v) is 6.02. The zero-order chi connectivity index (χ0) is 22.7. The molecule has 2 unspecified atom stereocenters. The van der Waals surface area contributed by atoms with Gasteiger partial charge in [-0.15, -0.1) is 0 Å². The van der Waals surface area contributed by atoms with Crippen LogP contribution in [0.15, 0.2) is 60.7 Å². The van der Waals surface area contributed by atoms with Crippen molar-refractivity contribution in [3.8, 4) is 6.07 Å². The van der Waals surface area contributed by atoms with Crippen LogP contribution >= 0.6 is 0 Å². The largest absolute Gasteiger partial charge is 0.395 e. The molecule has 4 aromatic rings. The van der Waals surface area contributed by atoms with Crippen LogP contribution in [0, 0.1) is 31.1 Å². The Bertz CT molecular complexity index is 1250. The molecule has 2 aromatic heterocycles. The summed E-state index contributed by atoms with van der Waals surface area (Å²) in [7, 11) is 0. The molecule has 0 aliphatic carbocycles. The van der Waals surface area contributed by atoms with Gasteiger partial charge in [-0.05, 0) is 42.2 Å². The van der Waals surface area contributed by atoms with Gasteiger partial charge in [0.05, 0.1) is 25.1 Å². The maximum atomic E-state index is 9.81. The van der Waals surface area contributed by atoms with Gasteiger partial charge in [-0.3, -0.25) is 0 Å². The molecule has 0 spiro atoms. The fourth-order valence-electron chi connectivity index (χ4n) is 4.44. The van der Waals surface area contributed by atoms with Gasteiger partial charge in [0.2, 0.25) is 0 Å². The molecule has 0 saturated heterocycles. The van der Waals surface area contributed by atoms with Crippen LogP contribution in [0.5, 0.6) is 0 Å². The highest BCUT2D eigenvalue weighted by Gasteiger charge is 2.24. The summed E-state index contributed by atoms with van der Waals surface area (Å²) in [4.78, 5) is 9.60. The van der Waals surface area contributed by atoms with Crippen molar-refractivity contribution >= 4 is 11.2 Å². The molecule has 2 atom stereocenters. The van der Waals surface area contributed by atoms with E-state index in [4.69, 9.17) is 9.97 Å². The first kappa shape index (κ1) is 21.7. The average molecular weight is 425 g/mol. The summed E-state index contributed by atoms with van der Waals surface area (Å²) in [5.41, 5.74) is 7.23. The quantitative estimate of drug-likeness (QED) is 0.457. The van der Waals surface area contributed by atoms with Crippen molar-refractivity contribution in [1.29, 1.82) is 5.26 Å². The van der Waals surface area contributed by atoms with Crippen molar-refractivity contribution in [2.45, 2.75) is 39.7 Å². The van der Waals surface area contributed by atoms with E-state index < -0.39 is 5.92 Å². The van der Waals surface area contributed by atoms with E-state index in [1.165, 1.54) is 0 Å². The molecule has 0 amide bonds. The Morgan fingerprint density at radius 2 is 1.69 bits per heavy atom. The molecule has 5 heteroatoms. The van der Waals surface area contributed by atoms with Gasteiger partial charge in [0.25, 0.3) is 0 Å². The lowest BCUT2D eigenvalue weighted by atomic mass is 9.81. The number of hydrogen-bond acceptors (Lipinski definition) is 4. The zero-order valence-electron chi connectivity index (χ0n) is 18.8. The molecular weight excluding hydrogens is 396 g/mol. The van der Waals surface area contributed by atoms with Crippen LogP contribution in [0.4, 0.5) is 0 Å². The van der Waals surface area contributed by atoms with Crippen molar-refractivity contribution in [2.75, 3.05) is 6.61 Å². The second-order valence-electron chi connectivity index (χ2n) is 8.27. The van der Waals surface area contributed by atoms with Crippen molar-refractivity contribution in [3.05, 3.63) is 94.4 Å². The van der Waals surface area contributed by atoms with Gasteiger partial charge in [0.1, 0.15) is 11.3 Å². The Hall–Kier alpha value is -3.49. The molecule has 4 rings (SSSR count). The smallest absolute Gasteiger partial charge is 0.160 e. The number of imidazole rings is 1. The van der Waals surface area contributed by atoms with E-state index in [-0.39, 0.29) is 12.5 Å². The Morgan fingerprint density at radius 1 is 1.00 bits per heavy atom. The number of benzene rings is 2.